The van der Waals surface area contributed by atoms with E-state index in [0.717, 1.165) is 19.4 Å². The van der Waals surface area contributed by atoms with Crippen LogP contribution in [-0.4, -0.2) is 39.3 Å². The van der Waals surface area contributed by atoms with Crippen LogP contribution in [0.5, 0.6) is 0 Å². The van der Waals surface area contributed by atoms with Gasteiger partial charge in [0, 0.05) is 18.8 Å². The predicted molar refractivity (Wildman–Crippen MR) is 90.3 cm³/mol. The molecule has 24 heavy (non-hydrogen) atoms. The number of anilines is 1. The van der Waals surface area contributed by atoms with Gasteiger partial charge in [0.25, 0.3) is 0 Å². The van der Waals surface area contributed by atoms with Gasteiger partial charge in [-0.05, 0) is 31.9 Å². The number of nitrogens with one attached hydrogen (secondary N) is 3. The molecule has 0 saturated heterocycles. The van der Waals surface area contributed by atoms with Crippen molar-refractivity contribution in [1.82, 2.24) is 25.4 Å². The molecule has 1 unspecified atom stereocenters. The van der Waals surface area contributed by atoms with Crippen LogP contribution in [0, 0.1) is 0 Å². The van der Waals surface area contributed by atoms with Gasteiger partial charge < -0.3 is 20.5 Å². The summed E-state index contributed by atoms with van der Waals surface area (Å²) in [5.41, 5.74) is 0.700. The van der Waals surface area contributed by atoms with Crippen molar-refractivity contribution in [3.05, 3.63) is 43.0 Å². The molecule has 1 aromatic carbocycles. The Bertz CT molecular complexity index is 629. The molecule has 2 rings (SSSR count). The number of hydrogen-bond donors (Lipinski definition) is 3. The lowest BCUT2D eigenvalue weighted by atomic mass is 10.2. The summed E-state index contributed by atoms with van der Waals surface area (Å²) in [6, 6.07) is 8.15. The third-order valence-electron chi connectivity index (χ3n) is 3.38. The fraction of sp³-hybridized carbons (Fsp3) is 0.375. The van der Waals surface area contributed by atoms with Gasteiger partial charge in [-0.3, -0.25) is 4.79 Å². The molecule has 128 valence electrons. The monoisotopic (exact) mass is 330 g/mol. The highest BCUT2D eigenvalue weighted by atomic mass is 16.2. The van der Waals surface area contributed by atoms with Crippen molar-refractivity contribution in [2.45, 2.75) is 32.4 Å². The topological polar surface area (TPSA) is 101 Å². The quantitative estimate of drug-likeness (QED) is 0.637. The van der Waals surface area contributed by atoms with Crippen LogP contribution in [0.3, 0.4) is 0 Å². The number of unbranched alkanes of at least 4 members (excludes halogenated alkanes) is 1. The average Bonchev–Trinajstić information content (AvgIpc) is 3.08. The third kappa shape index (κ3) is 6.07. The molecule has 0 bridgehead atoms. The maximum Gasteiger partial charge on any atom is 0.315 e. The fourth-order valence-corrected chi connectivity index (χ4v) is 2.04. The van der Waals surface area contributed by atoms with Crippen molar-refractivity contribution in [3.63, 3.8) is 0 Å². The predicted octanol–water partition coefficient (Wildman–Crippen LogP) is 1.38. The second kappa shape index (κ2) is 9.29. The number of benzene rings is 1. The van der Waals surface area contributed by atoms with E-state index in [0.29, 0.717) is 12.2 Å². The number of aromatic nitrogens is 3. The van der Waals surface area contributed by atoms with E-state index in [1.807, 2.05) is 22.8 Å². The van der Waals surface area contributed by atoms with Gasteiger partial charge >= 0.3 is 6.03 Å². The molecule has 0 radical (unpaired) electrons. The van der Waals surface area contributed by atoms with Crippen LogP contribution in [0.4, 0.5) is 10.5 Å². The van der Waals surface area contributed by atoms with Crippen LogP contribution in [0.2, 0.25) is 0 Å². The number of urea groups is 1. The van der Waals surface area contributed by atoms with Crippen molar-refractivity contribution in [1.29, 1.82) is 0 Å². The van der Waals surface area contributed by atoms with Crippen molar-refractivity contribution in [2.75, 3.05) is 11.9 Å². The molecular weight excluding hydrogens is 308 g/mol. The van der Waals surface area contributed by atoms with Gasteiger partial charge in [-0.1, -0.05) is 18.2 Å². The molecule has 0 aliphatic heterocycles. The van der Waals surface area contributed by atoms with Gasteiger partial charge in [-0.15, -0.1) is 10.2 Å². The molecule has 1 heterocycles. The minimum absolute atomic E-state index is 0.260. The Labute approximate surface area is 140 Å². The lowest BCUT2D eigenvalue weighted by Crippen LogP contribution is -2.46. The summed E-state index contributed by atoms with van der Waals surface area (Å²) in [7, 11) is 0. The van der Waals surface area contributed by atoms with Crippen LogP contribution < -0.4 is 16.0 Å². The molecule has 3 N–H and O–H groups in total. The normalized spacial score (nSPS) is 11.5. The Morgan fingerprint density at radius 1 is 1.12 bits per heavy atom. The van der Waals surface area contributed by atoms with Gasteiger partial charge in [-0.25, -0.2) is 4.79 Å². The Balaban J connectivity index is 1.59. The van der Waals surface area contributed by atoms with E-state index in [9.17, 15) is 9.59 Å². The molecule has 2 aromatic rings. The molecule has 8 nitrogen and oxygen atoms in total. The summed E-state index contributed by atoms with van der Waals surface area (Å²) in [5.74, 6) is -0.260. The van der Waals surface area contributed by atoms with E-state index >= 15 is 0 Å². The summed E-state index contributed by atoms with van der Waals surface area (Å²) in [6.07, 6.45) is 5.05. The zero-order valence-corrected chi connectivity index (χ0v) is 13.6. The van der Waals surface area contributed by atoms with Crippen LogP contribution >= 0.6 is 0 Å². The number of amides is 3. The van der Waals surface area contributed by atoms with Crippen LogP contribution in [0.15, 0.2) is 43.0 Å². The molecule has 0 spiro atoms. The first-order valence-corrected chi connectivity index (χ1v) is 7.88. The lowest BCUT2D eigenvalue weighted by Gasteiger charge is -2.14. The minimum Gasteiger partial charge on any atom is -0.338 e. The van der Waals surface area contributed by atoms with Gasteiger partial charge in [-0.2, -0.15) is 0 Å². The highest BCUT2D eigenvalue weighted by Crippen LogP contribution is 2.05. The smallest absolute Gasteiger partial charge is 0.315 e. The summed E-state index contributed by atoms with van der Waals surface area (Å²) in [6.45, 7) is 3.00. The molecular formula is C16H22N6O2. The number of para-hydroxylation sites is 1. The first-order chi connectivity index (χ1) is 11.6. The number of nitrogens with zero attached hydrogens (tertiary/aromatic N) is 3. The standard InChI is InChI=1S/C16H22N6O2/c1-13(15(23)21-14-7-3-2-4-8-14)20-16(24)17-9-5-6-10-22-11-18-19-12-22/h2-4,7-8,11-13H,5-6,9-10H2,1H3,(H,21,23)(H2,17,20,24). The molecule has 0 fully saturated rings. The molecule has 0 aliphatic rings. The van der Waals surface area contributed by atoms with Crippen LogP contribution in [0.25, 0.3) is 0 Å². The SMILES string of the molecule is CC(NC(=O)NCCCCn1cnnc1)C(=O)Nc1ccccc1. The Morgan fingerprint density at radius 3 is 2.54 bits per heavy atom. The lowest BCUT2D eigenvalue weighted by molar-refractivity contribution is -0.117. The van der Waals surface area contributed by atoms with Gasteiger partial charge in [0.2, 0.25) is 5.91 Å². The van der Waals surface area contributed by atoms with Crippen LogP contribution in [0.1, 0.15) is 19.8 Å². The summed E-state index contributed by atoms with van der Waals surface area (Å²) in [4.78, 5) is 23.8. The molecule has 0 saturated carbocycles. The first kappa shape index (κ1) is 17.5. The number of carbonyl (C=O) groups excluding carboxylic acids is 2. The van der Waals surface area contributed by atoms with Gasteiger partial charge in [0.15, 0.2) is 0 Å². The van der Waals surface area contributed by atoms with E-state index < -0.39 is 6.04 Å². The minimum atomic E-state index is -0.623. The van der Waals surface area contributed by atoms with E-state index in [1.165, 1.54) is 0 Å². The summed E-state index contributed by atoms with van der Waals surface area (Å²) >= 11 is 0. The average molecular weight is 330 g/mol. The second-order valence-electron chi connectivity index (χ2n) is 5.38. The van der Waals surface area contributed by atoms with Gasteiger partial charge in [0.05, 0.1) is 0 Å². The van der Waals surface area contributed by atoms with Crippen molar-refractivity contribution in [3.8, 4) is 0 Å². The van der Waals surface area contributed by atoms with Crippen molar-refractivity contribution >= 4 is 17.6 Å². The van der Waals surface area contributed by atoms with E-state index in [1.54, 1.807) is 31.7 Å². The second-order valence-corrected chi connectivity index (χ2v) is 5.38. The molecule has 3 amide bonds. The summed E-state index contributed by atoms with van der Waals surface area (Å²) in [5, 5.41) is 15.5. The number of carbonyl (C=O) groups is 2. The van der Waals surface area contributed by atoms with E-state index in [2.05, 4.69) is 26.1 Å². The van der Waals surface area contributed by atoms with Gasteiger partial charge in [0.1, 0.15) is 18.7 Å². The molecule has 1 aromatic heterocycles. The number of rotatable bonds is 8. The third-order valence-corrected chi connectivity index (χ3v) is 3.38. The largest absolute Gasteiger partial charge is 0.338 e. The molecule has 8 heteroatoms. The Hall–Kier alpha value is -2.90. The van der Waals surface area contributed by atoms with E-state index in [-0.39, 0.29) is 11.9 Å². The number of aryl methyl sites for hydroxylation is 1. The number of hydrogen-bond acceptors (Lipinski definition) is 4. The zero-order valence-electron chi connectivity index (χ0n) is 13.6. The van der Waals surface area contributed by atoms with E-state index in [4.69, 9.17) is 0 Å². The summed E-state index contributed by atoms with van der Waals surface area (Å²) < 4.78 is 1.88. The molecule has 0 aliphatic carbocycles. The molecule has 1 atom stereocenters. The highest BCUT2D eigenvalue weighted by molar-refractivity contribution is 5.96. The highest BCUT2D eigenvalue weighted by Gasteiger charge is 2.15. The maximum absolute atomic E-state index is 12.0. The van der Waals surface area contributed by atoms with Crippen molar-refractivity contribution < 1.29 is 9.59 Å². The maximum atomic E-state index is 12.0. The van der Waals surface area contributed by atoms with Crippen molar-refractivity contribution in [2.24, 2.45) is 0 Å². The van der Waals surface area contributed by atoms with Crippen LogP contribution in [-0.2, 0) is 11.3 Å². The first-order valence-electron chi connectivity index (χ1n) is 7.88. The zero-order chi connectivity index (χ0) is 17.2. The Morgan fingerprint density at radius 2 is 1.83 bits per heavy atom. The fourth-order valence-electron chi connectivity index (χ4n) is 2.04. The Kier molecular flexibility index (Phi) is 6.75.